The molecule has 186 valence electrons. The van der Waals surface area contributed by atoms with Gasteiger partial charge in [-0.1, -0.05) is 60.3 Å². The second-order valence-electron chi connectivity index (χ2n) is 9.18. The highest BCUT2D eigenvalue weighted by atomic mass is 35.5. The molecule has 0 radical (unpaired) electrons. The van der Waals surface area contributed by atoms with Crippen molar-refractivity contribution in [3.8, 4) is 5.69 Å². The molecule has 12 heteroatoms. The van der Waals surface area contributed by atoms with Crippen molar-refractivity contribution in [2.45, 2.75) is 39.4 Å². The molecule has 8 nitrogen and oxygen atoms in total. The van der Waals surface area contributed by atoms with Gasteiger partial charge in [0, 0.05) is 12.2 Å². The standard InChI is InChI=1S/C23H22Cl4N4O4/c1-12(2)11-28-20(32)29(13-5-7-15(24)17(26)9-13)19(23(28,3)4)31-21(33)30(22(34)35-31)14-6-8-16(25)18(27)10-14/h5-10,12,19H,11H2,1-4H3. The summed E-state index contributed by atoms with van der Waals surface area (Å²) < 4.78 is 7.20. The second kappa shape index (κ2) is 9.24. The van der Waals surface area contributed by atoms with Crippen molar-refractivity contribution in [1.82, 2.24) is 14.2 Å². The molecular weight excluding hydrogens is 538 g/mol. The van der Waals surface area contributed by atoms with Crippen molar-refractivity contribution in [2.24, 2.45) is 5.92 Å². The zero-order valence-electron chi connectivity index (χ0n) is 19.3. The lowest BCUT2D eigenvalue weighted by molar-refractivity contribution is 0.0905. The topological polar surface area (TPSA) is 80.7 Å². The lowest BCUT2D eigenvalue weighted by Gasteiger charge is -2.34. The highest BCUT2D eigenvalue weighted by molar-refractivity contribution is 6.42. The first-order valence-electron chi connectivity index (χ1n) is 10.7. The number of amides is 2. The number of halogens is 4. The molecule has 35 heavy (non-hydrogen) atoms. The van der Waals surface area contributed by atoms with Crippen LogP contribution in [0.5, 0.6) is 0 Å². The third kappa shape index (κ3) is 4.37. The summed E-state index contributed by atoms with van der Waals surface area (Å²) in [5.41, 5.74) is -1.17. The molecule has 2 aromatic carbocycles. The van der Waals surface area contributed by atoms with Crippen LogP contribution in [0.1, 0.15) is 33.9 Å². The number of aromatic nitrogens is 2. The predicted octanol–water partition coefficient (Wildman–Crippen LogP) is 6.08. The Balaban J connectivity index is 1.93. The van der Waals surface area contributed by atoms with Crippen molar-refractivity contribution >= 4 is 58.1 Å². The molecule has 1 atom stereocenters. The zero-order chi connectivity index (χ0) is 25.8. The van der Waals surface area contributed by atoms with Crippen LogP contribution in [0.25, 0.3) is 5.69 Å². The third-order valence-corrected chi connectivity index (χ3v) is 7.34. The van der Waals surface area contributed by atoms with Gasteiger partial charge in [-0.15, -0.1) is 4.74 Å². The van der Waals surface area contributed by atoms with E-state index in [1.54, 1.807) is 30.9 Å². The predicted molar refractivity (Wildman–Crippen MR) is 138 cm³/mol. The van der Waals surface area contributed by atoms with Crippen LogP contribution in [-0.4, -0.2) is 32.3 Å². The number of carbonyl (C=O) groups is 1. The molecule has 1 aromatic heterocycles. The van der Waals surface area contributed by atoms with Gasteiger partial charge in [0.05, 0.1) is 31.3 Å². The van der Waals surface area contributed by atoms with Gasteiger partial charge < -0.3 is 9.42 Å². The monoisotopic (exact) mass is 558 g/mol. The maximum absolute atomic E-state index is 13.7. The molecule has 2 amide bonds. The Kier molecular flexibility index (Phi) is 6.79. The molecular formula is C23H22Cl4N4O4. The Hall–Kier alpha value is -2.39. The molecule has 1 unspecified atom stereocenters. The van der Waals surface area contributed by atoms with Gasteiger partial charge in [-0.25, -0.2) is 14.4 Å². The molecule has 0 N–H and O–H groups in total. The van der Waals surface area contributed by atoms with Crippen molar-refractivity contribution in [3.63, 3.8) is 0 Å². The van der Waals surface area contributed by atoms with Gasteiger partial charge in [-0.05, 0) is 56.2 Å². The lowest BCUT2D eigenvalue weighted by Crippen LogP contribution is -2.48. The molecule has 0 spiro atoms. The first-order valence-corrected chi connectivity index (χ1v) is 12.2. The van der Waals surface area contributed by atoms with E-state index in [4.69, 9.17) is 50.9 Å². The highest BCUT2D eigenvalue weighted by Gasteiger charge is 2.55. The molecule has 0 bridgehead atoms. The summed E-state index contributed by atoms with van der Waals surface area (Å²) in [5.74, 6) is -0.801. The second-order valence-corrected chi connectivity index (χ2v) is 10.8. The number of anilines is 1. The Bertz CT molecular complexity index is 1430. The molecule has 3 aromatic rings. The Morgan fingerprint density at radius 2 is 1.43 bits per heavy atom. The van der Waals surface area contributed by atoms with Gasteiger partial charge in [-0.3, -0.25) is 4.90 Å². The third-order valence-electron chi connectivity index (χ3n) is 5.86. The number of nitrogens with zero attached hydrogens (tertiary/aromatic N) is 4. The number of hydrogen-bond acceptors (Lipinski definition) is 4. The Morgan fingerprint density at radius 1 is 0.886 bits per heavy atom. The molecule has 2 heterocycles. The Labute approximate surface area is 221 Å². The molecule has 1 saturated heterocycles. The highest BCUT2D eigenvalue weighted by Crippen LogP contribution is 2.43. The molecule has 4 rings (SSSR count). The molecule has 1 aliphatic heterocycles. The lowest BCUT2D eigenvalue weighted by atomic mass is 9.99. The molecule has 0 saturated carbocycles. The van der Waals surface area contributed by atoms with E-state index in [9.17, 15) is 14.4 Å². The summed E-state index contributed by atoms with van der Waals surface area (Å²) in [6, 6.07) is 8.67. The van der Waals surface area contributed by atoms with Crippen molar-refractivity contribution in [1.29, 1.82) is 0 Å². The fraction of sp³-hybridized carbons (Fsp3) is 0.348. The fourth-order valence-corrected chi connectivity index (χ4v) is 4.81. The maximum atomic E-state index is 13.7. The van der Waals surface area contributed by atoms with Gasteiger partial charge in [0.15, 0.2) is 6.17 Å². The van der Waals surface area contributed by atoms with Crippen LogP contribution in [0, 0.1) is 5.92 Å². The van der Waals surface area contributed by atoms with Crippen LogP contribution in [0.3, 0.4) is 0 Å². The average molecular weight is 560 g/mol. The summed E-state index contributed by atoms with van der Waals surface area (Å²) in [4.78, 5) is 43.1. The van der Waals surface area contributed by atoms with Crippen LogP contribution < -0.4 is 16.3 Å². The van der Waals surface area contributed by atoms with Gasteiger partial charge >= 0.3 is 17.5 Å². The number of hydrogen-bond donors (Lipinski definition) is 0. The summed E-state index contributed by atoms with van der Waals surface area (Å²) in [7, 11) is 0. The summed E-state index contributed by atoms with van der Waals surface area (Å²) >= 11 is 24.4. The van der Waals surface area contributed by atoms with E-state index in [-0.39, 0.29) is 32.7 Å². The van der Waals surface area contributed by atoms with Crippen LogP contribution in [-0.2, 0) is 0 Å². The first kappa shape index (κ1) is 25.7. The summed E-state index contributed by atoms with van der Waals surface area (Å²) in [5, 5.41) is 0.981. The minimum Gasteiger partial charge on any atom is -0.315 e. The van der Waals surface area contributed by atoms with Crippen molar-refractivity contribution in [2.75, 3.05) is 11.4 Å². The van der Waals surface area contributed by atoms with E-state index in [0.717, 1.165) is 9.31 Å². The van der Waals surface area contributed by atoms with Crippen molar-refractivity contribution < 1.29 is 9.32 Å². The normalized spacial score (nSPS) is 17.6. The van der Waals surface area contributed by atoms with E-state index in [1.165, 1.54) is 29.2 Å². The van der Waals surface area contributed by atoms with Crippen molar-refractivity contribution in [3.05, 3.63) is 77.5 Å². The maximum Gasteiger partial charge on any atom is 0.447 e. The number of urea groups is 1. The van der Waals surface area contributed by atoms with Gasteiger partial charge in [0.1, 0.15) is 0 Å². The SMILES string of the molecule is CC(C)CN1C(=O)N(c2ccc(Cl)c(Cl)c2)C(n2oc(=O)n(-c3ccc(Cl)c(Cl)c3)c2=O)C1(C)C. The van der Waals surface area contributed by atoms with Crippen LogP contribution in [0.15, 0.2) is 50.5 Å². The van der Waals surface area contributed by atoms with E-state index in [2.05, 4.69) is 0 Å². The van der Waals surface area contributed by atoms with E-state index in [1.807, 2.05) is 13.8 Å². The van der Waals surface area contributed by atoms with Crippen LogP contribution >= 0.6 is 46.4 Å². The van der Waals surface area contributed by atoms with Crippen LogP contribution in [0.2, 0.25) is 20.1 Å². The molecule has 1 fully saturated rings. The minimum absolute atomic E-state index is 0.136. The van der Waals surface area contributed by atoms with Crippen LogP contribution in [0.4, 0.5) is 10.5 Å². The number of rotatable bonds is 5. The summed E-state index contributed by atoms with van der Waals surface area (Å²) in [6.45, 7) is 7.98. The largest absolute Gasteiger partial charge is 0.447 e. The average Bonchev–Trinajstić information content (AvgIpc) is 3.16. The smallest absolute Gasteiger partial charge is 0.315 e. The number of benzene rings is 2. The molecule has 1 aliphatic rings. The minimum atomic E-state index is -1.02. The summed E-state index contributed by atoms with van der Waals surface area (Å²) in [6.07, 6.45) is -1.02. The number of carbonyl (C=O) groups excluding carboxylic acids is 1. The van der Waals surface area contributed by atoms with Gasteiger partial charge in [0.2, 0.25) is 0 Å². The quantitative estimate of drug-likeness (QED) is 0.379. The Morgan fingerprint density at radius 3 is 1.97 bits per heavy atom. The van der Waals surface area contributed by atoms with E-state index < -0.39 is 23.2 Å². The first-order chi connectivity index (χ1) is 16.3. The zero-order valence-corrected chi connectivity index (χ0v) is 22.3. The van der Waals surface area contributed by atoms with Gasteiger partial charge in [-0.2, -0.15) is 4.57 Å². The van der Waals surface area contributed by atoms with Gasteiger partial charge in [0.25, 0.3) is 0 Å². The fourth-order valence-electron chi connectivity index (χ4n) is 4.23. The molecule has 0 aliphatic carbocycles. The van der Waals surface area contributed by atoms with E-state index in [0.29, 0.717) is 17.3 Å². The van der Waals surface area contributed by atoms with E-state index >= 15 is 0 Å².